The lowest BCUT2D eigenvalue weighted by Crippen LogP contribution is -2.28. The molecule has 0 N–H and O–H groups in total. The van der Waals surface area contributed by atoms with Gasteiger partial charge in [-0.25, -0.2) is 0 Å². The Kier molecular flexibility index (Phi) is 9.28. The third-order valence-electron chi connectivity index (χ3n) is 15.6. The molecule has 1 aromatic heterocycles. The number of fused-ring (bicyclic) bond motifs is 9. The molecule has 0 amide bonds. The van der Waals surface area contributed by atoms with E-state index in [0.29, 0.717) is 0 Å². The standard InChI is InChI=1S/C69H47NO/c1-68(61-29-15-11-25-55(61)56-26-12-16-30-62(56)68)65-45-54(43-60-59-28-14-18-32-66(59)71-67(60)65)70(52-39-37-49(38-40-52)48-35-33-47(34-36-48)46-19-5-2-6-20-46)53-41-42-58-57-27-13-17-31-63(57)69(64(58)44-53,50-21-7-3-8-22-50)51-23-9-4-10-24-51/h2-45H,1H3. The summed E-state index contributed by atoms with van der Waals surface area (Å²) < 4.78 is 7.04. The lowest BCUT2D eigenvalue weighted by molar-refractivity contribution is 0.638. The first-order valence-electron chi connectivity index (χ1n) is 24.7. The van der Waals surface area contributed by atoms with Crippen LogP contribution in [0.5, 0.6) is 0 Å². The molecule has 0 aliphatic heterocycles. The first kappa shape index (κ1) is 41.0. The van der Waals surface area contributed by atoms with Gasteiger partial charge in [0, 0.05) is 38.8 Å². The number of hydrogen-bond acceptors (Lipinski definition) is 2. The van der Waals surface area contributed by atoms with E-state index in [1.165, 1.54) is 72.3 Å². The van der Waals surface area contributed by atoms with E-state index < -0.39 is 10.8 Å². The number of rotatable bonds is 8. The fraction of sp³-hybridized carbons (Fsp3) is 0.0435. The molecule has 12 aromatic rings. The minimum Gasteiger partial charge on any atom is -0.456 e. The molecule has 2 aliphatic rings. The van der Waals surface area contributed by atoms with E-state index >= 15 is 0 Å². The first-order valence-corrected chi connectivity index (χ1v) is 24.7. The maximum atomic E-state index is 7.04. The van der Waals surface area contributed by atoms with Crippen LogP contribution in [0.3, 0.4) is 0 Å². The number of benzene rings is 11. The van der Waals surface area contributed by atoms with E-state index in [1.54, 1.807) is 0 Å². The second kappa shape index (κ2) is 16.1. The van der Waals surface area contributed by atoms with Gasteiger partial charge in [0.1, 0.15) is 11.2 Å². The van der Waals surface area contributed by atoms with Crippen molar-refractivity contribution < 1.29 is 4.42 Å². The van der Waals surface area contributed by atoms with Crippen LogP contribution in [-0.2, 0) is 10.8 Å². The maximum Gasteiger partial charge on any atom is 0.140 e. The zero-order chi connectivity index (χ0) is 47.1. The van der Waals surface area contributed by atoms with E-state index in [2.05, 4.69) is 279 Å². The third kappa shape index (κ3) is 6.14. The molecule has 0 saturated carbocycles. The van der Waals surface area contributed by atoms with Crippen molar-refractivity contribution in [1.82, 2.24) is 0 Å². The molecular formula is C69H47NO. The molecule has 71 heavy (non-hydrogen) atoms. The van der Waals surface area contributed by atoms with E-state index in [1.807, 2.05) is 0 Å². The SMILES string of the molecule is CC1(c2cc(N(c3ccc(-c4ccc(-c5ccccc5)cc4)cc3)c3ccc4c(c3)C(c3ccccc3)(c3ccccc3)c3ccccc3-4)cc3c2oc2ccccc23)c2ccccc2-c2ccccc21. The van der Waals surface area contributed by atoms with Crippen molar-refractivity contribution in [1.29, 1.82) is 0 Å². The zero-order valence-corrected chi connectivity index (χ0v) is 39.3. The fourth-order valence-corrected chi connectivity index (χ4v) is 12.4. The zero-order valence-electron chi connectivity index (χ0n) is 39.3. The smallest absolute Gasteiger partial charge is 0.140 e. The van der Waals surface area contributed by atoms with Gasteiger partial charge in [-0.15, -0.1) is 0 Å². The van der Waals surface area contributed by atoms with Gasteiger partial charge in [0.05, 0.1) is 5.41 Å². The summed E-state index contributed by atoms with van der Waals surface area (Å²) in [5, 5.41) is 2.19. The van der Waals surface area contributed by atoms with Crippen molar-refractivity contribution >= 4 is 39.0 Å². The summed E-state index contributed by atoms with van der Waals surface area (Å²) in [5.74, 6) is 0. The van der Waals surface area contributed by atoms with Gasteiger partial charge in [0.2, 0.25) is 0 Å². The van der Waals surface area contributed by atoms with Crippen molar-refractivity contribution in [2.45, 2.75) is 17.8 Å². The Morgan fingerprint density at radius 3 is 1.35 bits per heavy atom. The van der Waals surface area contributed by atoms with Crippen LogP contribution in [0.25, 0.3) is 66.4 Å². The van der Waals surface area contributed by atoms with Gasteiger partial charge in [-0.05, 0) is 127 Å². The Morgan fingerprint density at radius 2 is 0.746 bits per heavy atom. The van der Waals surface area contributed by atoms with E-state index in [4.69, 9.17) is 4.42 Å². The van der Waals surface area contributed by atoms with Gasteiger partial charge in [0.25, 0.3) is 0 Å². The molecule has 11 aromatic carbocycles. The molecular weight excluding hydrogens is 859 g/mol. The summed E-state index contributed by atoms with van der Waals surface area (Å²) in [6, 6.07) is 98.2. The van der Waals surface area contributed by atoms with Gasteiger partial charge in [-0.2, -0.15) is 0 Å². The van der Waals surface area contributed by atoms with Crippen LogP contribution in [0.15, 0.2) is 271 Å². The number of anilines is 3. The molecule has 0 fully saturated rings. The summed E-state index contributed by atoms with van der Waals surface area (Å²) in [6.07, 6.45) is 0. The van der Waals surface area contributed by atoms with E-state index in [-0.39, 0.29) is 0 Å². The van der Waals surface area contributed by atoms with Crippen LogP contribution < -0.4 is 4.90 Å². The van der Waals surface area contributed by atoms with Gasteiger partial charge >= 0.3 is 0 Å². The molecule has 2 aliphatic carbocycles. The average Bonchev–Trinajstić information content (AvgIpc) is 4.06. The van der Waals surface area contributed by atoms with Crippen molar-refractivity contribution in [3.63, 3.8) is 0 Å². The third-order valence-corrected chi connectivity index (χ3v) is 15.6. The van der Waals surface area contributed by atoms with Crippen molar-refractivity contribution in [3.05, 3.63) is 306 Å². The Bertz CT molecular complexity index is 3900. The van der Waals surface area contributed by atoms with Crippen LogP contribution >= 0.6 is 0 Å². The van der Waals surface area contributed by atoms with Crippen molar-refractivity contribution in [3.8, 4) is 44.5 Å². The van der Waals surface area contributed by atoms with Gasteiger partial charge in [-0.3, -0.25) is 0 Å². The number of para-hydroxylation sites is 1. The van der Waals surface area contributed by atoms with Crippen LogP contribution in [0, 0.1) is 0 Å². The molecule has 14 rings (SSSR count). The monoisotopic (exact) mass is 905 g/mol. The van der Waals surface area contributed by atoms with E-state index in [9.17, 15) is 0 Å². The largest absolute Gasteiger partial charge is 0.456 e. The lowest BCUT2D eigenvalue weighted by atomic mass is 9.67. The van der Waals surface area contributed by atoms with E-state index in [0.717, 1.165) is 50.1 Å². The van der Waals surface area contributed by atoms with Gasteiger partial charge in [0.15, 0.2) is 0 Å². The van der Waals surface area contributed by atoms with Crippen LogP contribution in [0.2, 0.25) is 0 Å². The maximum absolute atomic E-state index is 7.04. The molecule has 0 atom stereocenters. The molecule has 0 radical (unpaired) electrons. The molecule has 0 bridgehead atoms. The first-order chi connectivity index (χ1) is 35.1. The molecule has 1 heterocycles. The summed E-state index contributed by atoms with van der Waals surface area (Å²) in [6.45, 7) is 2.40. The highest BCUT2D eigenvalue weighted by molar-refractivity contribution is 6.09. The summed E-state index contributed by atoms with van der Waals surface area (Å²) in [5.41, 5.74) is 22.4. The Labute approximate surface area is 414 Å². The quantitative estimate of drug-likeness (QED) is 0.151. The predicted molar refractivity (Wildman–Crippen MR) is 294 cm³/mol. The number of hydrogen-bond donors (Lipinski definition) is 0. The number of furan rings is 1. The average molecular weight is 906 g/mol. The van der Waals surface area contributed by atoms with Crippen molar-refractivity contribution in [2.24, 2.45) is 0 Å². The predicted octanol–water partition coefficient (Wildman–Crippen LogP) is 18.1. The highest BCUT2D eigenvalue weighted by Gasteiger charge is 2.47. The second-order valence-corrected chi connectivity index (χ2v) is 19.3. The Morgan fingerprint density at radius 1 is 0.310 bits per heavy atom. The van der Waals surface area contributed by atoms with Gasteiger partial charge < -0.3 is 9.32 Å². The highest BCUT2D eigenvalue weighted by Crippen LogP contribution is 2.59. The minimum absolute atomic E-state index is 0.522. The molecule has 2 nitrogen and oxygen atoms in total. The molecule has 0 spiro atoms. The van der Waals surface area contributed by atoms with Crippen LogP contribution in [0.4, 0.5) is 17.1 Å². The summed E-state index contributed by atoms with van der Waals surface area (Å²) in [4.78, 5) is 2.48. The van der Waals surface area contributed by atoms with Gasteiger partial charge in [-0.1, -0.05) is 224 Å². The molecule has 0 unspecified atom stereocenters. The van der Waals surface area contributed by atoms with Crippen LogP contribution in [-0.4, -0.2) is 0 Å². The Hall–Kier alpha value is -8.98. The summed E-state index contributed by atoms with van der Waals surface area (Å²) in [7, 11) is 0. The second-order valence-electron chi connectivity index (χ2n) is 19.3. The molecule has 334 valence electrons. The fourth-order valence-electron chi connectivity index (χ4n) is 12.4. The Balaban J connectivity index is 1.03. The summed E-state index contributed by atoms with van der Waals surface area (Å²) >= 11 is 0. The number of nitrogens with zero attached hydrogens (tertiary/aromatic N) is 1. The topological polar surface area (TPSA) is 16.4 Å². The molecule has 0 saturated heterocycles. The lowest BCUT2D eigenvalue weighted by Gasteiger charge is -2.35. The minimum atomic E-state index is -0.563. The van der Waals surface area contributed by atoms with Crippen molar-refractivity contribution in [2.75, 3.05) is 4.90 Å². The normalized spacial score (nSPS) is 13.6. The van der Waals surface area contributed by atoms with Crippen LogP contribution in [0.1, 0.15) is 45.9 Å². The molecule has 2 heteroatoms. The highest BCUT2D eigenvalue weighted by atomic mass is 16.3.